The fourth-order valence-electron chi connectivity index (χ4n) is 2.21. The van der Waals surface area contributed by atoms with Crippen LogP contribution in [-0.2, 0) is 6.54 Å². The van der Waals surface area contributed by atoms with Crippen LogP contribution in [0.1, 0.15) is 25.0 Å². The highest BCUT2D eigenvalue weighted by Crippen LogP contribution is 2.13. The molecular formula is C11H20N4. The fourth-order valence-corrected chi connectivity index (χ4v) is 2.21. The molecule has 0 aromatic carbocycles. The van der Waals surface area contributed by atoms with Crippen molar-refractivity contribution in [3.8, 4) is 0 Å². The zero-order valence-corrected chi connectivity index (χ0v) is 9.37. The van der Waals surface area contributed by atoms with E-state index in [0.29, 0.717) is 6.04 Å². The lowest BCUT2D eigenvalue weighted by Crippen LogP contribution is -2.32. The number of nitrogens with one attached hydrogen (secondary N) is 2. The van der Waals surface area contributed by atoms with Gasteiger partial charge in [0.25, 0.3) is 0 Å². The van der Waals surface area contributed by atoms with E-state index in [1.54, 1.807) is 0 Å². The Kier molecular flexibility index (Phi) is 3.75. The van der Waals surface area contributed by atoms with Gasteiger partial charge in [-0.05, 0) is 45.5 Å². The highest BCUT2D eigenvalue weighted by atomic mass is 15.2. The minimum atomic E-state index is 0.711. The van der Waals surface area contributed by atoms with Crippen molar-refractivity contribution in [2.75, 3.05) is 20.1 Å². The van der Waals surface area contributed by atoms with Crippen LogP contribution in [0.4, 0.5) is 0 Å². The first-order valence-electron chi connectivity index (χ1n) is 5.75. The Hall–Kier alpha value is -0.870. The SMILES string of the molecule is CN(Cc1ccn[nH]1)C1CCCNCC1. The molecule has 0 bridgehead atoms. The maximum atomic E-state index is 3.97. The summed E-state index contributed by atoms with van der Waals surface area (Å²) in [6.07, 6.45) is 5.66. The number of nitrogens with zero attached hydrogens (tertiary/aromatic N) is 2. The lowest BCUT2D eigenvalue weighted by atomic mass is 10.1. The number of aromatic nitrogens is 2. The third-order valence-electron chi connectivity index (χ3n) is 3.15. The average molecular weight is 208 g/mol. The van der Waals surface area contributed by atoms with E-state index in [4.69, 9.17) is 0 Å². The molecule has 1 aliphatic heterocycles. The summed E-state index contributed by atoms with van der Waals surface area (Å²) in [6, 6.07) is 2.76. The second-order valence-electron chi connectivity index (χ2n) is 4.33. The maximum absolute atomic E-state index is 3.97. The predicted octanol–water partition coefficient (Wildman–Crippen LogP) is 0.984. The molecule has 1 fully saturated rings. The Balaban J connectivity index is 1.86. The van der Waals surface area contributed by atoms with Gasteiger partial charge in [-0.15, -0.1) is 0 Å². The molecule has 0 saturated carbocycles. The molecule has 2 N–H and O–H groups in total. The van der Waals surface area contributed by atoms with Crippen molar-refractivity contribution in [2.24, 2.45) is 0 Å². The van der Waals surface area contributed by atoms with Crippen molar-refractivity contribution in [1.82, 2.24) is 20.4 Å². The van der Waals surface area contributed by atoms with Gasteiger partial charge in [-0.25, -0.2) is 0 Å². The van der Waals surface area contributed by atoms with E-state index in [2.05, 4.69) is 27.5 Å². The molecule has 4 nitrogen and oxygen atoms in total. The van der Waals surface area contributed by atoms with Crippen molar-refractivity contribution in [3.63, 3.8) is 0 Å². The van der Waals surface area contributed by atoms with E-state index in [9.17, 15) is 0 Å². The number of H-pyrrole nitrogens is 1. The summed E-state index contributed by atoms with van der Waals surface area (Å²) >= 11 is 0. The molecule has 1 atom stereocenters. The van der Waals surface area contributed by atoms with E-state index in [1.807, 2.05) is 12.3 Å². The molecular weight excluding hydrogens is 188 g/mol. The molecule has 2 heterocycles. The van der Waals surface area contributed by atoms with Crippen LogP contribution in [0.5, 0.6) is 0 Å². The topological polar surface area (TPSA) is 44.0 Å². The molecule has 1 aromatic rings. The normalized spacial score (nSPS) is 22.9. The third kappa shape index (κ3) is 3.04. The third-order valence-corrected chi connectivity index (χ3v) is 3.15. The Morgan fingerprint density at radius 3 is 3.20 bits per heavy atom. The maximum Gasteiger partial charge on any atom is 0.0492 e. The van der Waals surface area contributed by atoms with Gasteiger partial charge in [-0.2, -0.15) is 5.10 Å². The molecule has 15 heavy (non-hydrogen) atoms. The number of rotatable bonds is 3. The van der Waals surface area contributed by atoms with Gasteiger partial charge in [0.15, 0.2) is 0 Å². The molecule has 0 amide bonds. The molecule has 1 aromatic heterocycles. The van der Waals surface area contributed by atoms with Crippen LogP contribution in [0.3, 0.4) is 0 Å². The smallest absolute Gasteiger partial charge is 0.0492 e. The van der Waals surface area contributed by atoms with Crippen LogP contribution >= 0.6 is 0 Å². The van der Waals surface area contributed by atoms with Crippen molar-refractivity contribution >= 4 is 0 Å². The van der Waals surface area contributed by atoms with E-state index in [-0.39, 0.29) is 0 Å². The van der Waals surface area contributed by atoms with Gasteiger partial charge in [-0.1, -0.05) is 0 Å². The average Bonchev–Trinajstić information content (AvgIpc) is 2.58. The summed E-state index contributed by atoms with van der Waals surface area (Å²) in [5, 5.41) is 10.4. The van der Waals surface area contributed by atoms with Crippen LogP contribution in [0, 0.1) is 0 Å². The van der Waals surface area contributed by atoms with Crippen LogP contribution in [-0.4, -0.2) is 41.3 Å². The Morgan fingerprint density at radius 2 is 2.40 bits per heavy atom. The minimum absolute atomic E-state index is 0.711. The molecule has 4 heteroatoms. The number of hydrogen-bond acceptors (Lipinski definition) is 3. The highest BCUT2D eigenvalue weighted by Gasteiger charge is 2.16. The first-order chi connectivity index (χ1) is 7.36. The number of hydrogen-bond donors (Lipinski definition) is 2. The molecule has 0 spiro atoms. The van der Waals surface area contributed by atoms with Crippen LogP contribution < -0.4 is 5.32 Å². The molecule has 1 aliphatic rings. The first kappa shape index (κ1) is 10.6. The predicted molar refractivity (Wildman–Crippen MR) is 60.6 cm³/mol. The second-order valence-corrected chi connectivity index (χ2v) is 4.33. The molecule has 0 radical (unpaired) electrons. The number of aromatic amines is 1. The summed E-state index contributed by atoms with van der Waals surface area (Å²) in [6.45, 7) is 3.30. The van der Waals surface area contributed by atoms with E-state index in [0.717, 1.165) is 13.1 Å². The van der Waals surface area contributed by atoms with Gasteiger partial charge < -0.3 is 5.32 Å². The summed E-state index contributed by atoms with van der Waals surface area (Å²) in [4.78, 5) is 2.43. The summed E-state index contributed by atoms with van der Waals surface area (Å²) in [5.74, 6) is 0. The largest absolute Gasteiger partial charge is 0.317 e. The van der Waals surface area contributed by atoms with Crippen molar-refractivity contribution in [2.45, 2.75) is 31.8 Å². The second kappa shape index (κ2) is 5.28. The van der Waals surface area contributed by atoms with Crippen LogP contribution in [0.25, 0.3) is 0 Å². The summed E-state index contributed by atoms with van der Waals surface area (Å²) < 4.78 is 0. The van der Waals surface area contributed by atoms with E-state index >= 15 is 0 Å². The lowest BCUT2D eigenvalue weighted by molar-refractivity contribution is 0.214. The van der Waals surface area contributed by atoms with Crippen molar-refractivity contribution in [1.29, 1.82) is 0 Å². The Bertz CT molecular complexity index is 262. The summed E-state index contributed by atoms with van der Waals surface area (Å²) in [5.41, 5.74) is 1.20. The molecule has 84 valence electrons. The molecule has 0 aliphatic carbocycles. The summed E-state index contributed by atoms with van der Waals surface area (Å²) in [7, 11) is 2.21. The van der Waals surface area contributed by atoms with Crippen molar-refractivity contribution < 1.29 is 0 Å². The zero-order chi connectivity index (χ0) is 10.5. The molecule has 2 rings (SSSR count). The van der Waals surface area contributed by atoms with Gasteiger partial charge in [0.05, 0.1) is 0 Å². The monoisotopic (exact) mass is 208 g/mol. The molecule has 1 saturated heterocycles. The van der Waals surface area contributed by atoms with Gasteiger partial charge in [0.1, 0.15) is 0 Å². The van der Waals surface area contributed by atoms with Crippen molar-refractivity contribution in [3.05, 3.63) is 18.0 Å². The van der Waals surface area contributed by atoms with E-state index < -0.39 is 0 Å². The van der Waals surface area contributed by atoms with Gasteiger partial charge in [0, 0.05) is 24.5 Å². The van der Waals surface area contributed by atoms with E-state index in [1.165, 1.54) is 31.5 Å². The Morgan fingerprint density at radius 1 is 1.47 bits per heavy atom. The van der Waals surface area contributed by atoms with Gasteiger partial charge >= 0.3 is 0 Å². The Labute approximate surface area is 91.1 Å². The van der Waals surface area contributed by atoms with Gasteiger partial charge in [-0.3, -0.25) is 10.00 Å². The highest BCUT2D eigenvalue weighted by molar-refractivity contribution is 4.97. The lowest BCUT2D eigenvalue weighted by Gasteiger charge is -2.26. The van der Waals surface area contributed by atoms with Crippen LogP contribution in [0.2, 0.25) is 0 Å². The fraction of sp³-hybridized carbons (Fsp3) is 0.727. The molecule has 1 unspecified atom stereocenters. The quantitative estimate of drug-likeness (QED) is 0.778. The minimum Gasteiger partial charge on any atom is -0.317 e. The van der Waals surface area contributed by atoms with Gasteiger partial charge in [0.2, 0.25) is 0 Å². The zero-order valence-electron chi connectivity index (χ0n) is 9.37. The van der Waals surface area contributed by atoms with Crippen LogP contribution in [0.15, 0.2) is 12.3 Å². The standard InChI is InChI=1S/C11H20N4/c1-15(9-10-4-8-13-14-10)11-3-2-6-12-7-5-11/h4,8,11-12H,2-3,5-7,9H2,1H3,(H,13,14). The first-order valence-corrected chi connectivity index (χ1v) is 5.75.